The molecule has 4 aromatic rings. The predicted molar refractivity (Wildman–Crippen MR) is 153 cm³/mol. The Morgan fingerprint density at radius 3 is 2.23 bits per heavy atom. The van der Waals surface area contributed by atoms with Crippen LogP contribution in [0.4, 0.5) is 38.1 Å². The van der Waals surface area contributed by atoms with Crippen molar-refractivity contribution in [2.45, 2.75) is 65.2 Å². The summed E-state index contributed by atoms with van der Waals surface area (Å²) in [5, 5.41) is 13.0. The SMILES string of the molecule is CCN(C[C@@H]1CCCO1)c1nc2c(C)c(C)ccc2cc1CN(Cc1cc(C(F)(F)F)cc(C(F)(F)F)c1)c1nnn(C)n1. The van der Waals surface area contributed by atoms with E-state index in [1.54, 1.807) is 0 Å². The molecular formula is C30H33F6N7O. The van der Waals surface area contributed by atoms with E-state index in [-0.39, 0.29) is 36.8 Å². The molecule has 3 heterocycles. The lowest BCUT2D eigenvalue weighted by Crippen LogP contribution is -2.34. The molecule has 2 aromatic carbocycles. The Balaban J connectivity index is 1.61. The number of benzene rings is 2. The average Bonchev–Trinajstić information content (AvgIpc) is 3.64. The van der Waals surface area contributed by atoms with Crippen molar-refractivity contribution < 1.29 is 31.1 Å². The Kier molecular flexibility index (Phi) is 8.74. The number of hydrogen-bond donors (Lipinski definition) is 0. The third-order valence-electron chi connectivity index (χ3n) is 7.86. The van der Waals surface area contributed by atoms with Crippen LogP contribution in [-0.2, 0) is 37.2 Å². The molecule has 2 aromatic heterocycles. The van der Waals surface area contributed by atoms with Crippen molar-refractivity contribution in [3.8, 4) is 0 Å². The highest BCUT2D eigenvalue weighted by Crippen LogP contribution is 2.37. The Morgan fingerprint density at radius 2 is 1.66 bits per heavy atom. The van der Waals surface area contributed by atoms with Gasteiger partial charge in [0.25, 0.3) is 5.95 Å². The Labute approximate surface area is 250 Å². The second kappa shape index (κ2) is 12.2. The molecule has 1 fully saturated rings. The molecule has 0 spiro atoms. The van der Waals surface area contributed by atoms with E-state index in [2.05, 4.69) is 20.3 Å². The van der Waals surface area contributed by atoms with Crippen molar-refractivity contribution in [3.05, 3.63) is 69.8 Å². The van der Waals surface area contributed by atoms with Gasteiger partial charge in [-0.05, 0) is 79.8 Å². The number of pyridine rings is 1. The first kappa shape index (κ1) is 31.5. The van der Waals surface area contributed by atoms with E-state index in [9.17, 15) is 26.3 Å². The van der Waals surface area contributed by atoms with Gasteiger partial charge >= 0.3 is 12.4 Å². The first-order chi connectivity index (χ1) is 20.7. The number of halogens is 6. The van der Waals surface area contributed by atoms with Gasteiger partial charge in [-0.1, -0.05) is 17.2 Å². The van der Waals surface area contributed by atoms with Gasteiger partial charge in [-0.3, -0.25) is 0 Å². The van der Waals surface area contributed by atoms with Crippen molar-refractivity contribution in [2.24, 2.45) is 7.05 Å². The number of rotatable bonds is 9. The Bertz CT molecular complexity index is 1600. The lowest BCUT2D eigenvalue weighted by Gasteiger charge is -2.30. The summed E-state index contributed by atoms with van der Waals surface area (Å²) >= 11 is 0. The summed E-state index contributed by atoms with van der Waals surface area (Å²) in [4.78, 5) is 9.87. The van der Waals surface area contributed by atoms with Gasteiger partial charge in [-0.25, -0.2) is 4.98 Å². The third kappa shape index (κ3) is 6.90. The van der Waals surface area contributed by atoms with Gasteiger partial charge in [-0.2, -0.15) is 31.1 Å². The number of aryl methyl sites for hydroxylation is 3. The largest absolute Gasteiger partial charge is 0.416 e. The average molecular weight is 622 g/mol. The summed E-state index contributed by atoms with van der Waals surface area (Å²) in [5.74, 6) is 0.699. The number of hydrogen-bond acceptors (Lipinski definition) is 7. The molecule has 1 aliphatic rings. The van der Waals surface area contributed by atoms with E-state index in [0.29, 0.717) is 31.1 Å². The van der Waals surface area contributed by atoms with E-state index in [1.807, 2.05) is 39.0 Å². The van der Waals surface area contributed by atoms with Crippen LogP contribution in [0.5, 0.6) is 0 Å². The van der Waals surface area contributed by atoms with Crippen molar-refractivity contribution in [1.82, 2.24) is 25.2 Å². The minimum absolute atomic E-state index is 0.0163. The van der Waals surface area contributed by atoms with Crippen molar-refractivity contribution >= 4 is 22.7 Å². The van der Waals surface area contributed by atoms with Crippen molar-refractivity contribution in [3.63, 3.8) is 0 Å². The molecule has 0 amide bonds. The molecule has 44 heavy (non-hydrogen) atoms. The van der Waals surface area contributed by atoms with Crippen LogP contribution in [-0.4, -0.2) is 51.0 Å². The standard InChI is InChI=1S/C30H33F6N7O/c1-5-42(17-25-7-6-10-44-25)27-22(13-21-9-8-18(2)19(3)26(21)37-27)16-43(28-38-40-41(4)39-28)15-20-11-23(29(31,32)33)14-24(12-20)30(34,35)36/h8-9,11-14,25H,5-7,10,15-17H2,1-4H3/t25-/m0/s1. The minimum Gasteiger partial charge on any atom is -0.376 e. The number of alkyl halides is 6. The fourth-order valence-corrected chi connectivity index (χ4v) is 5.44. The van der Waals surface area contributed by atoms with E-state index < -0.39 is 23.5 Å². The van der Waals surface area contributed by atoms with Crippen LogP contribution < -0.4 is 9.80 Å². The van der Waals surface area contributed by atoms with Crippen LogP contribution in [0.3, 0.4) is 0 Å². The van der Waals surface area contributed by atoms with E-state index in [1.165, 1.54) is 16.7 Å². The van der Waals surface area contributed by atoms with Gasteiger partial charge in [0.05, 0.1) is 29.8 Å². The Hall–Kier alpha value is -3.94. The summed E-state index contributed by atoms with van der Waals surface area (Å²) in [5.41, 5.74) is 0.625. The summed E-state index contributed by atoms with van der Waals surface area (Å²) in [6.07, 6.45) is -8.06. The summed E-state index contributed by atoms with van der Waals surface area (Å²) < 4.78 is 87.9. The first-order valence-corrected chi connectivity index (χ1v) is 14.3. The molecule has 0 radical (unpaired) electrons. The second-order valence-electron chi connectivity index (χ2n) is 11.1. The zero-order chi connectivity index (χ0) is 31.8. The van der Waals surface area contributed by atoms with Crippen molar-refractivity contribution in [2.75, 3.05) is 29.5 Å². The van der Waals surface area contributed by atoms with Gasteiger partial charge in [0.1, 0.15) is 5.82 Å². The topological polar surface area (TPSA) is 72.2 Å². The molecular weight excluding hydrogens is 588 g/mol. The monoisotopic (exact) mass is 621 g/mol. The quantitative estimate of drug-likeness (QED) is 0.195. The molecule has 8 nitrogen and oxygen atoms in total. The maximum atomic E-state index is 13.7. The maximum Gasteiger partial charge on any atom is 0.416 e. The van der Waals surface area contributed by atoms with Crippen LogP contribution in [0.2, 0.25) is 0 Å². The molecule has 0 bridgehead atoms. The summed E-state index contributed by atoms with van der Waals surface area (Å²) in [6, 6.07) is 7.45. The zero-order valence-electron chi connectivity index (χ0n) is 24.8. The van der Waals surface area contributed by atoms with E-state index in [4.69, 9.17) is 9.72 Å². The van der Waals surface area contributed by atoms with Gasteiger partial charge < -0.3 is 14.5 Å². The number of likely N-dealkylation sites (N-methyl/N-ethyl adjacent to an activating group) is 1. The van der Waals surface area contributed by atoms with Gasteiger partial charge in [-0.15, -0.1) is 5.10 Å². The number of fused-ring (bicyclic) bond motifs is 1. The highest BCUT2D eigenvalue weighted by molar-refractivity contribution is 5.85. The number of anilines is 2. The van der Waals surface area contributed by atoms with Crippen molar-refractivity contribution in [1.29, 1.82) is 0 Å². The molecule has 1 saturated heterocycles. The van der Waals surface area contributed by atoms with Crippen LogP contribution in [0.15, 0.2) is 36.4 Å². The maximum absolute atomic E-state index is 13.7. The number of nitrogens with zero attached hydrogens (tertiary/aromatic N) is 7. The first-order valence-electron chi connectivity index (χ1n) is 14.3. The Morgan fingerprint density at radius 1 is 0.955 bits per heavy atom. The highest BCUT2D eigenvalue weighted by Gasteiger charge is 2.37. The second-order valence-corrected chi connectivity index (χ2v) is 11.1. The number of tetrazole rings is 1. The van der Waals surface area contributed by atoms with Crippen LogP contribution in [0, 0.1) is 13.8 Å². The van der Waals surface area contributed by atoms with Crippen LogP contribution in [0.1, 0.15) is 53.1 Å². The predicted octanol–water partition coefficient (Wildman–Crippen LogP) is 6.62. The molecule has 0 saturated carbocycles. The fourth-order valence-electron chi connectivity index (χ4n) is 5.44. The molecule has 0 unspecified atom stereocenters. The smallest absolute Gasteiger partial charge is 0.376 e. The molecule has 5 rings (SSSR count). The lowest BCUT2D eigenvalue weighted by atomic mass is 10.0. The zero-order valence-corrected chi connectivity index (χ0v) is 24.8. The molecule has 14 heteroatoms. The van der Waals surface area contributed by atoms with Gasteiger partial charge in [0.2, 0.25) is 0 Å². The molecule has 1 atom stereocenters. The fraction of sp³-hybridized carbons (Fsp3) is 0.467. The van der Waals surface area contributed by atoms with Crippen LogP contribution in [0.25, 0.3) is 10.9 Å². The summed E-state index contributed by atoms with van der Waals surface area (Å²) in [7, 11) is 1.52. The lowest BCUT2D eigenvalue weighted by molar-refractivity contribution is -0.143. The van der Waals surface area contributed by atoms with Crippen LogP contribution >= 0.6 is 0 Å². The van der Waals surface area contributed by atoms with Gasteiger partial charge in [0, 0.05) is 43.7 Å². The molecule has 0 aliphatic carbocycles. The molecule has 0 N–H and O–H groups in total. The number of ether oxygens (including phenoxy) is 1. The minimum atomic E-state index is -4.97. The number of aromatic nitrogens is 5. The van der Waals surface area contributed by atoms with E-state index >= 15 is 0 Å². The van der Waals surface area contributed by atoms with Gasteiger partial charge in [0.15, 0.2) is 0 Å². The summed E-state index contributed by atoms with van der Waals surface area (Å²) in [6.45, 7) is 7.54. The molecule has 236 valence electrons. The third-order valence-corrected chi connectivity index (χ3v) is 7.86. The normalized spacial score (nSPS) is 15.7. The van der Waals surface area contributed by atoms with E-state index in [0.717, 1.165) is 47.0 Å². The molecule has 1 aliphatic heterocycles. The highest BCUT2D eigenvalue weighted by atomic mass is 19.4.